The van der Waals surface area contributed by atoms with E-state index in [9.17, 15) is 4.79 Å². The Morgan fingerprint density at radius 2 is 2.33 bits per heavy atom. The van der Waals surface area contributed by atoms with Crippen LogP contribution in [0.1, 0.15) is 19.5 Å². The van der Waals surface area contributed by atoms with Crippen molar-refractivity contribution < 1.29 is 4.79 Å². The summed E-state index contributed by atoms with van der Waals surface area (Å²) in [5.41, 5.74) is 1.15. The molecule has 4 nitrogen and oxygen atoms in total. The average molecular weight is 209 g/mol. The van der Waals surface area contributed by atoms with Gasteiger partial charge in [0.05, 0.1) is 6.54 Å². The van der Waals surface area contributed by atoms with Crippen LogP contribution in [0.4, 0.5) is 0 Å². The van der Waals surface area contributed by atoms with Crippen LogP contribution in [0.5, 0.6) is 0 Å². The van der Waals surface area contributed by atoms with E-state index < -0.39 is 0 Å². The zero-order valence-electron chi connectivity index (χ0n) is 9.34. The van der Waals surface area contributed by atoms with Gasteiger partial charge in [-0.1, -0.05) is 13.8 Å². The minimum atomic E-state index is 0.0512. The van der Waals surface area contributed by atoms with Crippen molar-refractivity contribution in [3.05, 3.63) is 24.0 Å². The minimum absolute atomic E-state index is 0.0512. The first-order valence-electron chi connectivity index (χ1n) is 5.31. The quantitative estimate of drug-likeness (QED) is 0.645. The van der Waals surface area contributed by atoms with Crippen LogP contribution >= 0.6 is 0 Å². The molecule has 0 saturated heterocycles. The van der Waals surface area contributed by atoms with E-state index in [2.05, 4.69) is 15.6 Å². The van der Waals surface area contributed by atoms with Gasteiger partial charge in [-0.3, -0.25) is 4.79 Å². The highest BCUT2D eigenvalue weighted by atomic mass is 16.1. The Bertz CT molecular complexity index is 280. The van der Waals surface area contributed by atoms with Crippen molar-refractivity contribution in [1.29, 1.82) is 0 Å². The molecule has 0 unspecified atom stereocenters. The molecule has 0 spiro atoms. The summed E-state index contributed by atoms with van der Waals surface area (Å²) in [7, 11) is 0. The van der Waals surface area contributed by atoms with E-state index in [4.69, 9.17) is 0 Å². The van der Waals surface area contributed by atoms with E-state index in [1.807, 2.05) is 32.2 Å². The Morgan fingerprint density at radius 1 is 1.53 bits per heavy atom. The molecule has 1 aromatic rings. The number of carbonyl (C=O) groups excluding carboxylic acids is 1. The van der Waals surface area contributed by atoms with Crippen molar-refractivity contribution in [2.75, 3.05) is 13.1 Å². The Kier molecular flexibility index (Phi) is 4.90. The molecule has 0 bridgehead atoms. The summed E-state index contributed by atoms with van der Waals surface area (Å²) in [5, 5.41) is 5.92. The first kappa shape index (κ1) is 11.8. The predicted molar refractivity (Wildman–Crippen MR) is 60.6 cm³/mol. The number of rotatable bonds is 6. The molecule has 1 rings (SSSR count). The van der Waals surface area contributed by atoms with Crippen molar-refractivity contribution in [1.82, 2.24) is 15.6 Å². The lowest BCUT2D eigenvalue weighted by atomic mass is 10.3. The molecule has 4 heteroatoms. The van der Waals surface area contributed by atoms with Crippen molar-refractivity contribution in [3.8, 4) is 0 Å². The van der Waals surface area contributed by atoms with E-state index in [0.717, 1.165) is 12.1 Å². The summed E-state index contributed by atoms with van der Waals surface area (Å²) < 4.78 is 0. The van der Waals surface area contributed by atoms with Crippen LogP contribution in [-0.4, -0.2) is 30.0 Å². The number of aromatic nitrogens is 1. The van der Waals surface area contributed by atoms with Crippen LogP contribution < -0.4 is 10.6 Å². The summed E-state index contributed by atoms with van der Waals surface area (Å²) in [6.45, 7) is 5.11. The number of hydrogen-bond donors (Lipinski definition) is 3. The molecule has 3 N–H and O–H groups in total. The molecule has 84 valence electrons. The third kappa shape index (κ3) is 5.22. The van der Waals surface area contributed by atoms with E-state index in [0.29, 0.717) is 19.1 Å². The number of carbonyl (C=O) groups is 1. The molecule has 0 radical (unpaired) electrons. The third-order valence-electron chi connectivity index (χ3n) is 2.05. The van der Waals surface area contributed by atoms with Gasteiger partial charge in [-0.2, -0.15) is 0 Å². The summed E-state index contributed by atoms with van der Waals surface area (Å²) in [6, 6.07) is 4.31. The lowest BCUT2D eigenvalue weighted by Crippen LogP contribution is -2.37. The van der Waals surface area contributed by atoms with Gasteiger partial charge >= 0.3 is 0 Å². The van der Waals surface area contributed by atoms with E-state index in [1.54, 1.807) is 0 Å². The first-order chi connectivity index (χ1) is 7.18. The van der Waals surface area contributed by atoms with Crippen molar-refractivity contribution in [3.63, 3.8) is 0 Å². The Balaban J connectivity index is 2.07. The topological polar surface area (TPSA) is 56.9 Å². The lowest BCUT2D eigenvalue weighted by Gasteiger charge is -2.08. The van der Waals surface area contributed by atoms with Gasteiger partial charge in [-0.05, 0) is 12.1 Å². The van der Waals surface area contributed by atoms with Gasteiger partial charge in [0.15, 0.2) is 0 Å². The molecule has 0 aliphatic rings. The molecule has 15 heavy (non-hydrogen) atoms. The van der Waals surface area contributed by atoms with Gasteiger partial charge in [0.25, 0.3) is 0 Å². The van der Waals surface area contributed by atoms with Gasteiger partial charge in [-0.25, -0.2) is 0 Å². The Morgan fingerprint density at radius 3 is 2.93 bits per heavy atom. The van der Waals surface area contributed by atoms with Crippen LogP contribution in [0, 0.1) is 0 Å². The molecule has 0 aromatic carbocycles. The molecule has 0 aliphatic carbocycles. The molecule has 0 aliphatic heterocycles. The molecule has 0 saturated carbocycles. The minimum Gasteiger partial charge on any atom is -0.365 e. The highest BCUT2D eigenvalue weighted by Crippen LogP contribution is 1.93. The van der Waals surface area contributed by atoms with Crippen LogP contribution in [0.15, 0.2) is 18.3 Å². The number of nitrogens with one attached hydrogen (secondary N) is 3. The molecule has 0 fully saturated rings. The first-order valence-corrected chi connectivity index (χ1v) is 5.31. The number of aromatic amines is 1. The fraction of sp³-hybridized carbons (Fsp3) is 0.545. The van der Waals surface area contributed by atoms with Crippen molar-refractivity contribution in [2.24, 2.45) is 0 Å². The van der Waals surface area contributed by atoms with Gasteiger partial charge in [0.2, 0.25) is 5.91 Å². The third-order valence-corrected chi connectivity index (χ3v) is 2.05. The highest BCUT2D eigenvalue weighted by molar-refractivity contribution is 5.77. The summed E-state index contributed by atoms with van der Waals surface area (Å²) in [5.74, 6) is 0.0512. The summed E-state index contributed by atoms with van der Waals surface area (Å²) in [6.07, 6.45) is 2.73. The Labute approximate surface area is 90.5 Å². The maximum atomic E-state index is 11.3. The molecule has 0 atom stereocenters. The van der Waals surface area contributed by atoms with Crippen LogP contribution in [0.25, 0.3) is 0 Å². The normalized spacial score (nSPS) is 10.6. The van der Waals surface area contributed by atoms with Gasteiger partial charge in [0.1, 0.15) is 0 Å². The zero-order chi connectivity index (χ0) is 11.1. The van der Waals surface area contributed by atoms with E-state index in [1.165, 1.54) is 0 Å². The van der Waals surface area contributed by atoms with Gasteiger partial charge in [0, 0.05) is 30.9 Å². The van der Waals surface area contributed by atoms with E-state index >= 15 is 0 Å². The van der Waals surface area contributed by atoms with Crippen molar-refractivity contribution >= 4 is 5.91 Å². The summed E-state index contributed by atoms with van der Waals surface area (Å²) >= 11 is 0. The average Bonchev–Trinajstić information content (AvgIpc) is 2.67. The molecular formula is C11H19N3O. The number of H-pyrrole nitrogens is 1. The van der Waals surface area contributed by atoms with Crippen molar-refractivity contribution in [2.45, 2.75) is 26.3 Å². The highest BCUT2D eigenvalue weighted by Gasteiger charge is 2.01. The van der Waals surface area contributed by atoms with Crippen LogP contribution in [0.2, 0.25) is 0 Å². The van der Waals surface area contributed by atoms with Crippen LogP contribution in [-0.2, 0) is 11.2 Å². The second kappa shape index (κ2) is 6.24. The maximum absolute atomic E-state index is 11.3. The molecular weight excluding hydrogens is 190 g/mol. The second-order valence-electron chi connectivity index (χ2n) is 3.83. The second-order valence-corrected chi connectivity index (χ2v) is 3.83. The van der Waals surface area contributed by atoms with Gasteiger partial charge < -0.3 is 15.6 Å². The number of hydrogen-bond acceptors (Lipinski definition) is 2. The smallest absolute Gasteiger partial charge is 0.233 e. The molecule has 1 aromatic heterocycles. The summed E-state index contributed by atoms with van der Waals surface area (Å²) in [4.78, 5) is 14.4. The maximum Gasteiger partial charge on any atom is 0.233 e. The largest absolute Gasteiger partial charge is 0.365 e. The lowest BCUT2D eigenvalue weighted by molar-refractivity contribution is -0.120. The van der Waals surface area contributed by atoms with Gasteiger partial charge in [-0.15, -0.1) is 0 Å². The SMILES string of the molecule is CC(C)NCC(=O)NCCc1ccc[nH]1. The monoisotopic (exact) mass is 209 g/mol. The standard InChI is InChI=1S/C11H19N3O/c1-9(2)14-8-11(15)13-7-5-10-4-3-6-12-10/h3-4,6,9,12,14H,5,7-8H2,1-2H3,(H,13,15). The molecule has 1 heterocycles. The predicted octanol–water partition coefficient (Wildman–Crippen LogP) is 0.671. The number of amides is 1. The fourth-order valence-electron chi connectivity index (χ4n) is 1.22. The Hall–Kier alpha value is -1.29. The van der Waals surface area contributed by atoms with Crippen LogP contribution in [0.3, 0.4) is 0 Å². The fourth-order valence-corrected chi connectivity index (χ4v) is 1.22. The van der Waals surface area contributed by atoms with E-state index in [-0.39, 0.29) is 5.91 Å². The zero-order valence-corrected chi connectivity index (χ0v) is 9.34. The molecule has 1 amide bonds.